The molecule has 38 heavy (non-hydrogen) atoms. The summed E-state index contributed by atoms with van der Waals surface area (Å²) >= 11 is 0. The molecule has 0 aliphatic carbocycles. The smallest absolute Gasteiger partial charge is 0.407 e. The summed E-state index contributed by atoms with van der Waals surface area (Å²) in [5.41, 5.74) is -0.825. The van der Waals surface area contributed by atoms with Gasteiger partial charge in [-0.2, -0.15) is 0 Å². The van der Waals surface area contributed by atoms with Crippen LogP contribution in [0.2, 0.25) is 0 Å². The number of hydrogen-bond donors (Lipinski definition) is 3. The van der Waals surface area contributed by atoms with Gasteiger partial charge in [-0.15, -0.1) is 0 Å². The van der Waals surface area contributed by atoms with Gasteiger partial charge < -0.3 is 30.2 Å². The second-order valence-electron chi connectivity index (χ2n) is 11.1. The van der Waals surface area contributed by atoms with Crippen molar-refractivity contribution in [2.75, 3.05) is 6.54 Å². The molecule has 1 aromatic carbocycles. The summed E-state index contributed by atoms with van der Waals surface area (Å²) in [5, 5.41) is 7.28. The molecule has 3 amide bonds. The molecule has 0 unspecified atom stereocenters. The molecular weight excluding hydrogens is 494 g/mol. The summed E-state index contributed by atoms with van der Waals surface area (Å²) in [6.45, 7) is 13.1. The van der Waals surface area contributed by atoms with Crippen LogP contribution < -0.4 is 16.0 Å². The predicted octanol–water partition coefficient (Wildman–Crippen LogP) is 2.61. The fourth-order valence-corrected chi connectivity index (χ4v) is 3.05. The molecule has 0 aliphatic rings. The van der Waals surface area contributed by atoms with E-state index in [-0.39, 0.29) is 12.5 Å². The molecule has 11 nitrogen and oxygen atoms in total. The molecule has 0 aliphatic heterocycles. The van der Waals surface area contributed by atoms with E-state index in [0.717, 1.165) is 5.56 Å². The number of carbonyl (C=O) groups is 5. The minimum absolute atomic E-state index is 0.0131. The van der Waals surface area contributed by atoms with Crippen LogP contribution in [0, 0.1) is 5.92 Å². The van der Waals surface area contributed by atoms with Crippen molar-refractivity contribution in [2.45, 2.75) is 91.7 Å². The fraction of sp³-hybridized carbons (Fsp3) is 0.593. The third-order valence-corrected chi connectivity index (χ3v) is 4.67. The van der Waals surface area contributed by atoms with E-state index in [9.17, 15) is 24.0 Å². The van der Waals surface area contributed by atoms with Crippen LogP contribution in [-0.4, -0.2) is 59.7 Å². The van der Waals surface area contributed by atoms with E-state index in [1.165, 1.54) is 0 Å². The van der Waals surface area contributed by atoms with Crippen molar-refractivity contribution in [1.82, 2.24) is 16.0 Å². The van der Waals surface area contributed by atoms with E-state index in [0.29, 0.717) is 0 Å². The Morgan fingerprint density at radius 1 is 0.842 bits per heavy atom. The first kappa shape index (κ1) is 32.4. The normalized spacial score (nSPS) is 13.1. The van der Waals surface area contributed by atoms with Crippen molar-refractivity contribution >= 4 is 29.8 Å². The van der Waals surface area contributed by atoms with Crippen molar-refractivity contribution in [1.29, 1.82) is 0 Å². The molecule has 0 saturated heterocycles. The molecule has 2 atom stereocenters. The van der Waals surface area contributed by atoms with Crippen LogP contribution in [0.4, 0.5) is 4.79 Å². The van der Waals surface area contributed by atoms with Crippen molar-refractivity contribution in [3.05, 3.63) is 35.9 Å². The maximum Gasteiger partial charge on any atom is 0.407 e. The Bertz CT molecular complexity index is 965. The lowest BCUT2D eigenvalue weighted by atomic mass is 10.0. The van der Waals surface area contributed by atoms with Gasteiger partial charge in [0.15, 0.2) is 0 Å². The summed E-state index contributed by atoms with van der Waals surface area (Å²) in [6.07, 6.45) is -1.33. The molecule has 0 heterocycles. The number of ether oxygens (including phenoxy) is 3. The maximum atomic E-state index is 13.1. The second-order valence-corrected chi connectivity index (χ2v) is 11.1. The van der Waals surface area contributed by atoms with Gasteiger partial charge in [-0.3, -0.25) is 14.4 Å². The Kier molecular flexibility index (Phi) is 12.2. The van der Waals surface area contributed by atoms with Crippen molar-refractivity contribution in [3.63, 3.8) is 0 Å². The van der Waals surface area contributed by atoms with Crippen LogP contribution in [0.15, 0.2) is 30.3 Å². The summed E-state index contributed by atoms with van der Waals surface area (Å²) in [7, 11) is 0. The number of hydrogen-bond acceptors (Lipinski definition) is 8. The summed E-state index contributed by atoms with van der Waals surface area (Å²) < 4.78 is 15.7. The highest BCUT2D eigenvalue weighted by Gasteiger charge is 2.33. The topological polar surface area (TPSA) is 149 Å². The third kappa shape index (κ3) is 13.6. The Balaban J connectivity index is 2.85. The zero-order valence-electron chi connectivity index (χ0n) is 23.5. The van der Waals surface area contributed by atoms with Crippen LogP contribution >= 0.6 is 0 Å². The Hall–Kier alpha value is -3.63. The van der Waals surface area contributed by atoms with Gasteiger partial charge in [0.25, 0.3) is 0 Å². The first-order valence-electron chi connectivity index (χ1n) is 12.5. The van der Waals surface area contributed by atoms with Gasteiger partial charge in [0, 0.05) is 0 Å². The van der Waals surface area contributed by atoms with Gasteiger partial charge in [0.1, 0.15) is 36.4 Å². The van der Waals surface area contributed by atoms with E-state index in [1.807, 2.05) is 6.07 Å². The molecular formula is C27H41N3O8. The third-order valence-electron chi connectivity index (χ3n) is 4.67. The van der Waals surface area contributed by atoms with Crippen LogP contribution in [0.25, 0.3) is 0 Å². The number of alkyl carbamates (subject to hydrolysis) is 1. The first-order chi connectivity index (χ1) is 17.5. The molecule has 0 spiro atoms. The Morgan fingerprint density at radius 3 is 1.95 bits per heavy atom. The highest BCUT2D eigenvalue weighted by atomic mass is 16.6. The van der Waals surface area contributed by atoms with Gasteiger partial charge in [0.05, 0.1) is 6.42 Å². The molecule has 1 aromatic rings. The molecule has 0 bridgehead atoms. The Labute approximate surface area is 224 Å². The quantitative estimate of drug-likeness (QED) is 0.289. The molecule has 11 heteroatoms. The zero-order valence-corrected chi connectivity index (χ0v) is 23.5. The molecule has 1 rings (SSSR count). The minimum Gasteiger partial charge on any atom is -0.460 e. The van der Waals surface area contributed by atoms with Gasteiger partial charge in [-0.25, -0.2) is 9.59 Å². The van der Waals surface area contributed by atoms with Crippen LogP contribution in [0.1, 0.15) is 67.4 Å². The standard InChI is InChI=1S/C27H41N3O8/c1-17(2)22(24(34)38-27(6,7)8)30-23(33)19(14-21(32)37-26(3,4)5)29-20(31)15-28-25(35)36-16-18-12-10-9-11-13-18/h9-13,17,19,22H,14-16H2,1-8H3,(H,28,35)(H,29,31)(H,30,33)/t19-,22-/m0/s1. The fourth-order valence-electron chi connectivity index (χ4n) is 3.05. The van der Waals surface area contributed by atoms with Crippen LogP contribution in [-0.2, 0) is 40.0 Å². The zero-order chi connectivity index (χ0) is 29.1. The number of rotatable bonds is 11. The average Bonchev–Trinajstić information content (AvgIpc) is 2.77. The van der Waals surface area contributed by atoms with Gasteiger partial charge in [0.2, 0.25) is 11.8 Å². The number of benzene rings is 1. The average molecular weight is 536 g/mol. The van der Waals surface area contributed by atoms with E-state index < -0.39 is 66.1 Å². The second kappa shape index (κ2) is 14.3. The SMILES string of the molecule is CC(C)[C@H](NC(=O)[C@H](CC(=O)OC(C)(C)C)NC(=O)CNC(=O)OCc1ccccc1)C(=O)OC(C)(C)C. The molecule has 0 radical (unpaired) electrons. The van der Waals surface area contributed by atoms with Gasteiger partial charge >= 0.3 is 18.0 Å². The van der Waals surface area contributed by atoms with Crippen molar-refractivity contribution in [3.8, 4) is 0 Å². The van der Waals surface area contributed by atoms with Crippen molar-refractivity contribution < 1.29 is 38.2 Å². The lowest BCUT2D eigenvalue weighted by molar-refractivity contribution is -0.160. The summed E-state index contributed by atoms with van der Waals surface area (Å²) in [4.78, 5) is 62.7. The van der Waals surface area contributed by atoms with E-state index in [4.69, 9.17) is 14.2 Å². The van der Waals surface area contributed by atoms with Gasteiger partial charge in [-0.1, -0.05) is 44.2 Å². The molecule has 0 saturated carbocycles. The van der Waals surface area contributed by atoms with Crippen LogP contribution in [0.5, 0.6) is 0 Å². The maximum absolute atomic E-state index is 13.1. The monoisotopic (exact) mass is 535 g/mol. The number of amides is 3. The molecule has 0 aromatic heterocycles. The van der Waals surface area contributed by atoms with Crippen molar-refractivity contribution in [2.24, 2.45) is 5.92 Å². The van der Waals surface area contributed by atoms with Gasteiger partial charge in [-0.05, 0) is 53.0 Å². The van der Waals surface area contributed by atoms with Crippen LogP contribution in [0.3, 0.4) is 0 Å². The first-order valence-corrected chi connectivity index (χ1v) is 12.5. The van der Waals surface area contributed by atoms with E-state index >= 15 is 0 Å². The Morgan fingerprint density at radius 2 is 1.42 bits per heavy atom. The highest BCUT2D eigenvalue weighted by molar-refractivity contribution is 5.94. The summed E-state index contributed by atoms with van der Waals surface area (Å²) in [5.74, 6) is -3.24. The highest BCUT2D eigenvalue weighted by Crippen LogP contribution is 2.14. The minimum atomic E-state index is -1.37. The largest absolute Gasteiger partial charge is 0.460 e. The summed E-state index contributed by atoms with van der Waals surface area (Å²) in [6, 6.07) is 6.59. The van der Waals surface area contributed by atoms with E-state index in [1.54, 1.807) is 79.7 Å². The van der Waals surface area contributed by atoms with E-state index in [2.05, 4.69) is 16.0 Å². The molecule has 3 N–H and O–H groups in total. The number of nitrogens with one attached hydrogen (secondary N) is 3. The predicted molar refractivity (Wildman–Crippen MR) is 140 cm³/mol. The lowest BCUT2D eigenvalue weighted by Crippen LogP contribution is -2.55. The number of esters is 2. The number of carbonyl (C=O) groups excluding carboxylic acids is 5. The molecule has 0 fully saturated rings. The lowest BCUT2D eigenvalue weighted by Gasteiger charge is -2.28. The molecule has 212 valence electrons.